The first-order chi connectivity index (χ1) is 9.00. The third-order valence-corrected chi connectivity index (χ3v) is 3.92. The molecule has 0 N–H and O–H groups in total. The molecule has 0 spiro atoms. The van der Waals surface area contributed by atoms with Crippen molar-refractivity contribution in [2.24, 2.45) is 0 Å². The number of carbonyl (C=O) groups excluding carboxylic acids is 1. The van der Waals surface area contributed by atoms with Gasteiger partial charge in [0.05, 0.1) is 17.9 Å². The predicted molar refractivity (Wildman–Crippen MR) is 78.1 cm³/mol. The maximum Gasteiger partial charge on any atom is 0.258 e. The molecule has 2 rings (SSSR count). The highest BCUT2D eigenvalue weighted by Crippen LogP contribution is 2.24. The van der Waals surface area contributed by atoms with Crippen LogP contribution >= 0.6 is 15.9 Å². The van der Waals surface area contributed by atoms with Gasteiger partial charge in [-0.3, -0.25) is 4.79 Å². The Kier molecular flexibility index (Phi) is 4.10. The SMILES string of the molecule is Cc1ccc(C(C)N(C)C(=O)c2ccoc2Br)cc1. The quantitative estimate of drug-likeness (QED) is 0.849. The smallest absolute Gasteiger partial charge is 0.258 e. The maximum atomic E-state index is 12.3. The minimum Gasteiger partial charge on any atom is -0.457 e. The summed E-state index contributed by atoms with van der Waals surface area (Å²) in [7, 11) is 1.80. The molecule has 0 saturated heterocycles. The number of benzene rings is 1. The van der Waals surface area contributed by atoms with Gasteiger partial charge in [-0.25, -0.2) is 0 Å². The number of aryl methyl sites for hydroxylation is 1. The number of hydrogen-bond donors (Lipinski definition) is 0. The van der Waals surface area contributed by atoms with Crippen LogP contribution in [-0.2, 0) is 0 Å². The zero-order valence-electron chi connectivity index (χ0n) is 11.2. The van der Waals surface area contributed by atoms with E-state index in [1.807, 2.05) is 26.0 Å². The molecule has 1 atom stereocenters. The first-order valence-electron chi connectivity index (χ1n) is 6.07. The van der Waals surface area contributed by atoms with Crippen molar-refractivity contribution >= 4 is 21.8 Å². The summed E-state index contributed by atoms with van der Waals surface area (Å²) in [4.78, 5) is 14.1. The molecule has 1 amide bonds. The van der Waals surface area contributed by atoms with Crippen molar-refractivity contribution < 1.29 is 9.21 Å². The van der Waals surface area contributed by atoms with Gasteiger partial charge in [0.15, 0.2) is 4.67 Å². The van der Waals surface area contributed by atoms with Crippen LogP contribution in [0.2, 0.25) is 0 Å². The molecule has 0 aliphatic carbocycles. The van der Waals surface area contributed by atoms with Gasteiger partial charge in [0.2, 0.25) is 0 Å². The molecule has 0 fully saturated rings. The molecular weight excluding hydrogens is 306 g/mol. The van der Waals surface area contributed by atoms with Gasteiger partial charge in [0.25, 0.3) is 5.91 Å². The van der Waals surface area contributed by atoms with Gasteiger partial charge < -0.3 is 9.32 Å². The number of amides is 1. The monoisotopic (exact) mass is 321 g/mol. The summed E-state index contributed by atoms with van der Waals surface area (Å²) in [6, 6.07) is 9.89. The van der Waals surface area contributed by atoms with Gasteiger partial charge in [-0.15, -0.1) is 0 Å². The van der Waals surface area contributed by atoms with Crippen molar-refractivity contribution in [3.63, 3.8) is 0 Å². The molecule has 0 aliphatic rings. The van der Waals surface area contributed by atoms with Gasteiger partial charge >= 0.3 is 0 Å². The zero-order chi connectivity index (χ0) is 14.0. The summed E-state index contributed by atoms with van der Waals surface area (Å²) in [5.41, 5.74) is 2.87. The third-order valence-electron chi connectivity index (χ3n) is 3.31. The average molecular weight is 322 g/mol. The van der Waals surface area contributed by atoms with Crippen LogP contribution in [0.3, 0.4) is 0 Å². The summed E-state index contributed by atoms with van der Waals surface area (Å²) < 4.78 is 5.58. The van der Waals surface area contributed by atoms with Crippen molar-refractivity contribution in [3.05, 3.63) is 58.0 Å². The number of furan rings is 1. The van der Waals surface area contributed by atoms with Crippen molar-refractivity contribution in [1.82, 2.24) is 4.90 Å². The molecule has 19 heavy (non-hydrogen) atoms. The Morgan fingerprint density at radius 3 is 2.42 bits per heavy atom. The molecule has 0 saturated carbocycles. The van der Waals surface area contributed by atoms with Crippen LogP contribution < -0.4 is 0 Å². The van der Waals surface area contributed by atoms with Crippen LogP contribution in [0.1, 0.15) is 34.5 Å². The fraction of sp³-hybridized carbons (Fsp3) is 0.267. The molecule has 1 aromatic heterocycles. The topological polar surface area (TPSA) is 33.5 Å². The summed E-state index contributed by atoms with van der Waals surface area (Å²) >= 11 is 3.24. The van der Waals surface area contributed by atoms with E-state index >= 15 is 0 Å². The van der Waals surface area contributed by atoms with Crippen LogP contribution in [0.4, 0.5) is 0 Å². The van der Waals surface area contributed by atoms with E-state index in [1.54, 1.807) is 18.0 Å². The second-order valence-corrected chi connectivity index (χ2v) is 5.33. The van der Waals surface area contributed by atoms with Crippen LogP contribution in [0, 0.1) is 6.92 Å². The van der Waals surface area contributed by atoms with Crippen molar-refractivity contribution in [2.45, 2.75) is 19.9 Å². The van der Waals surface area contributed by atoms with E-state index in [0.717, 1.165) is 5.56 Å². The Morgan fingerprint density at radius 2 is 1.89 bits per heavy atom. The highest BCUT2D eigenvalue weighted by Gasteiger charge is 2.22. The lowest BCUT2D eigenvalue weighted by atomic mass is 10.1. The Hall–Kier alpha value is -1.55. The molecule has 1 heterocycles. The normalized spacial score (nSPS) is 12.2. The van der Waals surface area contributed by atoms with E-state index in [-0.39, 0.29) is 11.9 Å². The molecule has 0 radical (unpaired) electrons. The maximum absolute atomic E-state index is 12.3. The number of carbonyl (C=O) groups is 1. The van der Waals surface area contributed by atoms with Gasteiger partial charge in [-0.2, -0.15) is 0 Å². The zero-order valence-corrected chi connectivity index (χ0v) is 12.8. The predicted octanol–water partition coefficient (Wildman–Crippen LogP) is 4.18. The van der Waals surface area contributed by atoms with E-state index in [0.29, 0.717) is 10.2 Å². The van der Waals surface area contributed by atoms with E-state index in [9.17, 15) is 4.79 Å². The van der Waals surface area contributed by atoms with Crippen molar-refractivity contribution in [3.8, 4) is 0 Å². The Labute approximate surface area is 121 Å². The van der Waals surface area contributed by atoms with Crippen molar-refractivity contribution in [1.29, 1.82) is 0 Å². The van der Waals surface area contributed by atoms with Gasteiger partial charge in [0, 0.05) is 7.05 Å². The molecule has 100 valence electrons. The lowest BCUT2D eigenvalue weighted by Crippen LogP contribution is -2.29. The summed E-state index contributed by atoms with van der Waals surface area (Å²) in [6.07, 6.45) is 1.50. The third kappa shape index (κ3) is 2.89. The van der Waals surface area contributed by atoms with Crippen LogP contribution in [-0.4, -0.2) is 17.9 Å². The minimum atomic E-state index is -0.0614. The Bertz CT molecular complexity index is 574. The van der Waals surface area contributed by atoms with Gasteiger partial charge in [0.1, 0.15) is 0 Å². The Morgan fingerprint density at radius 1 is 1.26 bits per heavy atom. The van der Waals surface area contributed by atoms with Crippen LogP contribution in [0.25, 0.3) is 0 Å². The lowest BCUT2D eigenvalue weighted by Gasteiger charge is -2.25. The van der Waals surface area contributed by atoms with Gasteiger partial charge in [-0.1, -0.05) is 29.8 Å². The lowest BCUT2D eigenvalue weighted by molar-refractivity contribution is 0.0740. The fourth-order valence-electron chi connectivity index (χ4n) is 1.88. The standard InChI is InChI=1S/C15H16BrNO2/c1-10-4-6-12(7-5-10)11(2)17(3)15(18)13-8-9-19-14(13)16/h4-9,11H,1-3H3. The van der Waals surface area contributed by atoms with E-state index < -0.39 is 0 Å². The molecule has 3 nitrogen and oxygen atoms in total. The van der Waals surface area contributed by atoms with E-state index in [4.69, 9.17) is 4.42 Å². The second kappa shape index (κ2) is 5.61. The first-order valence-corrected chi connectivity index (χ1v) is 6.86. The number of nitrogens with zero attached hydrogens (tertiary/aromatic N) is 1. The van der Waals surface area contributed by atoms with Gasteiger partial charge in [-0.05, 0) is 41.4 Å². The van der Waals surface area contributed by atoms with E-state index in [2.05, 4.69) is 28.1 Å². The highest BCUT2D eigenvalue weighted by molar-refractivity contribution is 9.10. The Balaban J connectivity index is 2.19. The first kappa shape index (κ1) is 13.9. The molecular formula is C15H16BrNO2. The minimum absolute atomic E-state index is 0.00917. The molecule has 4 heteroatoms. The molecule has 1 unspecified atom stereocenters. The van der Waals surface area contributed by atoms with Crippen LogP contribution in [0.5, 0.6) is 0 Å². The second-order valence-electron chi connectivity index (χ2n) is 4.61. The molecule has 0 aliphatic heterocycles. The molecule has 1 aromatic carbocycles. The molecule has 2 aromatic rings. The largest absolute Gasteiger partial charge is 0.457 e. The number of rotatable bonds is 3. The number of halogens is 1. The summed E-state index contributed by atoms with van der Waals surface area (Å²) in [5.74, 6) is -0.0614. The average Bonchev–Trinajstić information content (AvgIpc) is 2.83. The summed E-state index contributed by atoms with van der Waals surface area (Å²) in [5, 5.41) is 0. The van der Waals surface area contributed by atoms with E-state index in [1.165, 1.54) is 11.8 Å². The number of hydrogen-bond acceptors (Lipinski definition) is 2. The fourth-order valence-corrected chi connectivity index (χ4v) is 2.29. The molecule has 0 bridgehead atoms. The summed E-state index contributed by atoms with van der Waals surface area (Å²) in [6.45, 7) is 4.06. The van der Waals surface area contributed by atoms with Crippen molar-refractivity contribution in [2.75, 3.05) is 7.05 Å². The van der Waals surface area contributed by atoms with Crippen LogP contribution in [0.15, 0.2) is 45.7 Å². The highest BCUT2D eigenvalue weighted by atomic mass is 79.9.